The standard InChI is InChI=1S/C9H7NO3/c1-2-9(5-6-9)7-3-4-8(13-7)10(11)12/h1,3-4H,5-6H2. The summed E-state index contributed by atoms with van der Waals surface area (Å²) < 4.78 is 5.02. The fraction of sp³-hybridized carbons (Fsp3) is 0.333. The van der Waals surface area contributed by atoms with Crippen LogP contribution < -0.4 is 0 Å². The maximum Gasteiger partial charge on any atom is 0.433 e. The molecule has 0 unspecified atom stereocenters. The smallest absolute Gasteiger partial charge is 0.404 e. The molecule has 1 heterocycles. The molecular formula is C9H7NO3. The van der Waals surface area contributed by atoms with Gasteiger partial charge in [-0.1, -0.05) is 5.92 Å². The quantitative estimate of drug-likeness (QED) is 0.393. The topological polar surface area (TPSA) is 56.3 Å². The van der Waals surface area contributed by atoms with E-state index in [-0.39, 0.29) is 11.3 Å². The van der Waals surface area contributed by atoms with E-state index in [9.17, 15) is 10.1 Å². The molecule has 0 atom stereocenters. The zero-order chi connectivity index (χ0) is 9.47. The highest BCUT2D eigenvalue weighted by Gasteiger charge is 2.46. The second-order valence-corrected chi connectivity index (χ2v) is 3.12. The molecule has 0 amide bonds. The average molecular weight is 177 g/mol. The third-order valence-electron chi connectivity index (χ3n) is 2.27. The minimum Gasteiger partial charge on any atom is -0.404 e. The van der Waals surface area contributed by atoms with Crippen LogP contribution in [0.25, 0.3) is 0 Å². The molecule has 1 aliphatic carbocycles. The number of nitro groups is 1. The van der Waals surface area contributed by atoms with Crippen molar-refractivity contribution in [3.63, 3.8) is 0 Å². The van der Waals surface area contributed by atoms with Crippen LogP contribution >= 0.6 is 0 Å². The summed E-state index contributed by atoms with van der Waals surface area (Å²) in [5.41, 5.74) is -0.353. The van der Waals surface area contributed by atoms with Crippen molar-refractivity contribution in [3.8, 4) is 12.3 Å². The molecule has 0 N–H and O–H groups in total. The minimum absolute atomic E-state index is 0.239. The van der Waals surface area contributed by atoms with Gasteiger partial charge in [0.1, 0.15) is 10.7 Å². The van der Waals surface area contributed by atoms with Crippen molar-refractivity contribution in [2.45, 2.75) is 18.3 Å². The van der Waals surface area contributed by atoms with Crippen LogP contribution in [0.5, 0.6) is 0 Å². The highest BCUT2D eigenvalue weighted by molar-refractivity contribution is 5.37. The Balaban J connectivity index is 2.34. The molecule has 1 aromatic rings. The summed E-state index contributed by atoms with van der Waals surface area (Å²) in [7, 11) is 0. The summed E-state index contributed by atoms with van der Waals surface area (Å²) in [6.07, 6.45) is 7.02. The van der Waals surface area contributed by atoms with Gasteiger partial charge in [-0.2, -0.15) is 0 Å². The third-order valence-corrected chi connectivity index (χ3v) is 2.27. The second kappa shape index (κ2) is 2.36. The van der Waals surface area contributed by atoms with Gasteiger partial charge < -0.3 is 4.42 Å². The Hall–Kier alpha value is -1.76. The maximum atomic E-state index is 10.3. The van der Waals surface area contributed by atoms with Gasteiger partial charge in [-0.05, 0) is 18.9 Å². The molecule has 0 bridgehead atoms. The Morgan fingerprint density at radius 2 is 2.31 bits per heavy atom. The second-order valence-electron chi connectivity index (χ2n) is 3.12. The molecule has 0 aliphatic heterocycles. The van der Waals surface area contributed by atoms with Gasteiger partial charge >= 0.3 is 5.88 Å². The Bertz CT molecular complexity index is 395. The summed E-state index contributed by atoms with van der Waals surface area (Å²) in [5, 5.41) is 10.3. The molecule has 0 spiro atoms. The zero-order valence-corrected chi connectivity index (χ0v) is 6.82. The first-order valence-electron chi connectivity index (χ1n) is 3.90. The lowest BCUT2D eigenvalue weighted by molar-refractivity contribution is -0.402. The first kappa shape index (κ1) is 7.87. The normalized spacial score (nSPS) is 17.8. The zero-order valence-electron chi connectivity index (χ0n) is 6.82. The Labute approximate surface area is 74.7 Å². The fourth-order valence-corrected chi connectivity index (χ4v) is 1.27. The van der Waals surface area contributed by atoms with Gasteiger partial charge in [0.2, 0.25) is 0 Å². The molecule has 4 nitrogen and oxygen atoms in total. The van der Waals surface area contributed by atoms with E-state index in [2.05, 4.69) is 5.92 Å². The van der Waals surface area contributed by atoms with Crippen molar-refractivity contribution in [2.24, 2.45) is 0 Å². The van der Waals surface area contributed by atoms with Crippen LogP contribution in [0.1, 0.15) is 18.6 Å². The SMILES string of the molecule is C#CC1(c2ccc([N+](=O)[O-])o2)CC1. The van der Waals surface area contributed by atoms with Crippen LogP contribution in [-0.2, 0) is 5.41 Å². The summed E-state index contributed by atoms with van der Waals surface area (Å²) in [6.45, 7) is 0. The van der Waals surface area contributed by atoms with Crippen molar-refractivity contribution in [1.29, 1.82) is 0 Å². The molecule has 0 radical (unpaired) electrons. The number of rotatable bonds is 2. The lowest BCUT2D eigenvalue weighted by Gasteiger charge is -1.99. The molecule has 2 rings (SSSR count). The third kappa shape index (κ3) is 1.09. The van der Waals surface area contributed by atoms with E-state index in [1.165, 1.54) is 6.07 Å². The number of furan rings is 1. The lowest BCUT2D eigenvalue weighted by Crippen LogP contribution is -1.99. The van der Waals surface area contributed by atoms with E-state index in [0.29, 0.717) is 5.76 Å². The Kier molecular flexibility index (Phi) is 1.43. The van der Waals surface area contributed by atoms with E-state index in [4.69, 9.17) is 10.8 Å². The highest BCUT2D eigenvalue weighted by Crippen LogP contribution is 2.48. The van der Waals surface area contributed by atoms with E-state index in [1.807, 2.05) is 0 Å². The molecule has 0 saturated heterocycles. The molecule has 1 saturated carbocycles. The molecule has 66 valence electrons. The van der Waals surface area contributed by atoms with E-state index in [0.717, 1.165) is 12.8 Å². The number of hydrogen-bond donors (Lipinski definition) is 0. The van der Waals surface area contributed by atoms with Gasteiger partial charge in [-0.15, -0.1) is 6.42 Å². The van der Waals surface area contributed by atoms with Crippen molar-refractivity contribution >= 4 is 5.88 Å². The molecule has 1 aliphatic rings. The highest BCUT2D eigenvalue weighted by atomic mass is 16.6. The van der Waals surface area contributed by atoms with Crippen molar-refractivity contribution in [3.05, 3.63) is 28.0 Å². The average Bonchev–Trinajstić information content (AvgIpc) is 2.75. The van der Waals surface area contributed by atoms with Crippen molar-refractivity contribution < 1.29 is 9.34 Å². The molecule has 0 aromatic carbocycles. The van der Waals surface area contributed by atoms with Gasteiger partial charge in [-0.25, -0.2) is 0 Å². The fourth-order valence-electron chi connectivity index (χ4n) is 1.27. The monoisotopic (exact) mass is 177 g/mol. The van der Waals surface area contributed by atoms with Gasteiger partial charge in [0.05, 0.1) is 11.5 Å². The van der Waals surface area contributed by atoms with Crippen LogP contribution in [0.4, 0.5) is 5.88 Å². The van der Waals surface area contributed by atoms with Crippen LogP contribution in [-0.4, -0.2) is 4.92 Å². The minimum atomic E-state index is -0.559. The van der Waals surface area contributed by atoms with Gasteiger partial charge in [0, 0.05) is 0 Å². The first-order valence-corrected chi connectivity index (χ1v) is 3.90. The van der Waals surface area contributed by atoms with Crippen LogP contribution in [0.2, 0.25) is 0 Å². The van der Waals surface area contributed by atoms with Crippen LogP contribution in [0.3, 0.4) is 0 Å². The van der Waals surface area contributed by atoms with Gasteiger partial charge in [0.25, 0.3) is 0 Å². The largest absolute Gasteiger partial charge is 0.433 e. The maximum absolute atomic E-state index is 10.3. The summed E-state index contributed by atoms with van der Waals surface area (Å²) in [5.74, 6) is 2.91. The predicted molar refractivity (Wildman–Crippen MR) is 45.1 cm³/mol. The van der Waals surface area contributed by atoms with E-state index >= 15 is 0 Å². The lowest BCUT2D eigenvalue weighted by atomic mass is 10.1. The number of nitrogens with zero attached hydrogens (tertiary/aromatic N) is 1. The molecule has 13 heavy (non-hydrogen) atoms. The van der Waals surface area contributed by atoms with Gasteiger partial charge in [0.15, 0.2) is 0 Å². The van der Waals surface area contributed by atoms with Crippen molar-refractivity contribution in [1.82, 2.24) is 0 Å². The molecule has 1 aromatic heterocycles. The van der Waals surface area contributed by atoms with E-state index < -0.39 is 4.92 Å². The predicted octanol–water partition coefficient (Wildman–Crippen LogP) is 1.85. The van der Waals surface area contributed by atoms with Crippen LogP contribution in [0.15, 0.2) is 16.5 Å². The molecule has 1 fully saturated rings. The molecule has 4 heteroatoms. The number of hydrogen-bond acceptors (Lipinski definition) is 3. The van der Waals surface area contributed by atoms with Gasteiger partial charge in [-0.3, -0.25) is 10.1 Å². The number of terminal acetylenes is 1. The summed E-state index contributed by atoms with van der Waals surface area (Å²) >= 11 is 0. The summed E-state index contributed by atoms with van der Waals surface area (Å²) in [4.78, 5) is 9.75. The van der Waals surface area contributed by atoms with Crippen LogP contribution in [0, 0.1) is 22.5 Å². The molecular weight excluding hydrogens is 170 g/mol. The Morgan fingerprint density at radius 1 is 1.62 bits per heavy atom. The van der Waals surface area contributed by atoms with E-state index in [1.54, 1.807) is 6.07 Å². The first-order chi connectivity index (χ1) is 6.18. The summed E-state index contributed by atoms with van der Waals surface area (Å²) in [6, 6.07) is 2.93. The van der Waals surface area contributed by atoms with Crippen molar-refractivity contribution in [2.75, 3.05) is 0 Å². The Morgan fingerprint density at radius 3 is 2.69 bits per heavy atom.